The second-order valence-corrected chi connectivity index (χ2v) is 6.42. The average molecular weight is 286 g/mol. The second-order valence-electron chi connectivity index (χ2n) is 4.77. The number of benzene rings is 1. The minimum absolute atomic E-state index is 0.144. The second kappa shape index (κ2) is 5.26. The van der Waals surface area contributed by atoms with E-state index < -0.39 is 10.0 Å². The molecule has 0 bridgehead atoms. The molecule has 1 aromatic rings. The summed E-state index contributed by atoms with van der Waals surface area (Å²) in [6.07, 6.45) is 0.144. The van der Waals surface area contributed by atoms with Crippen molar-refractivity contribution in [2.45, 2.75) is 13.0 Å². The van der Waals surface area contributed by atoms with Gasteiger partial charge in [0.25, 0.3) is 0 Å². The maximum atomic E-state index is 13.5. The summed E-state index contributed by atoms with van der Waals surface area (Å²) in [5.41, 5.74) is 0.423. The van der Waals surface area contributed by atoms with Gasteiger partial charge in [0.05, 0.1) is 5.75 Å². The van der Waals surface area contributed by atoms with Crippen LogP contribution in [0.5, 0.6) is 0 Å². The van der Waals surface area contributed by atoms with E-state index in [1.54, 1.807) is 18.2 Å². The maximum absolute atomic E-state index is 13.5. The molecule has 0 aliphatic carbocycles. The third-order valence-electron chi connectivity index (χ3n) is 3.08. The molecule has 1 aliphatic rings. The highest BCUT2D eigenvalue weighted by atomic mass is 32.2. The van der Waals surface area contributed by atoms with Crippen LogP contribution in [0.4, 0.5) is 4.39 Å². The first-order chi connectivity index (χ1) is 8.85. The van der Waals surface area contributed by atoms with Crippen LogP contribution in [-0.4, -0.2) is 31.5 Å². The fourth-order valence-corrected chi connectivity index (χ4v) is 3.16. The zero-order valence-electron chi connectivity index (χ0n) is 10.3. The van der Waals surface area contributed by atoms with Crippen LogP contribution in [0.1, 0.15) is 12.0 Å². The number of halogens is 1. The number of carbonyl (C=O) groups is 1. The lowest BCUT2D eigenvalue weighted by molar-refractivity contribution is -0.128. The molecule has 19 heavy (non-hydrogen) atoms. The topological polar surface area (TPSA) is 80.5 Å². The van der Waals surface area contributed by atoms with Crippen molar-refractivity contribution in [2.75, 3.05) is 12.3 Å². The Hall–Kier alpha value is -1.47. The highest BCUT2D eigenvalue weighted by molar-refractivity contribution is 7.89. The fourth-order valence-electron chi connectivity index (χ4n) is 2.28. The van der Waals surface area contributed by atoms with Gasteiger partial charge in [0.1, 0.15) is 5.82 Å². The number of sulfonamides is 1. The van der Waals surface area contributed by atoms with Crippen LogP contribution in [-0.2, 0) is 21.4 Å². The Balaban J connectivity index is 2.03. The quantitative estimate of drug-likeness (QED) is 0.873. The van der Waals surface area contributed by atoms with Gasteiger partial charge in [-0.2, -0.15) is 0 Å². The number of amides is 1. The molecule has 2 rings (SSSR count). The number of nitrogens with two attached hydrogens (primary N) is 1. The first kappa shape index (κ1) is 14.0. The Kier molecular flexibility index (Phi) is 3.86. The summed E-state index contributed by atoms with van der Waals surface area (Å²) < 4.78 is 35.5. The van der Waals surface area contributed by atoms with E-state index >= 15 is 0 Å². The first-order valence-corrected chi connectivity index (χ1v) is 7.58. The van der Waals surface area contributed by atoms with Gasteiger partial charge in [0, 0.05) is 31.0 Å². The van der Waals surface area contributed by atoms with Crippen LogP contribution in [0.25, 0.3) is 0 Å². The molecule has 1 heterocycles. The van der Waals surface area contributed by atoms with Gasteiger partial charge in [-0.15, -0.1) is 0 Å². The Morgan fingerprint density at radius 3 is 2.68 bits per heavy atom. The lowest BCUT2D eigenvalue weighted by atomic mass is 10.1. The van der Waals surface area contributed by atoms with E-state index in [4.69, 9.17) is 5.14 Å². The molecule has 2 N–H and O–H groups in total. The Morgan fingerprint density at radius 1 is 1.37 bits per heavy atom. The monoisotopic (exact) mass is 286 g/mol. The van der Waals surface area contributed by atoms with E-state index in [1.807, 2.05) is 0 Å². The molecule has 0 aromatic heterocycles. The minimum Gasteiger partial charge on any atom is -0.338 e. The molecule has 104 valence electrons. The van der Waals surface area contributed by atoms with Crippen molar-refractivity contribution in [1.82, 2.24) is 4.90 Å². The molecule has 1 atom stereocenters. The smallest absolute Gasteiger partial charge is 0.223 e. The first-order valence-electron chi connectivity index (χ1n) is 5.87. The third kappa shape index (κ3) is 3.74. The molecule has 5 nitrogen and oxygen atoms in total. The predicted octanol–water partition coefficient (Wildman–Crippen LogP) is 0.463. The van der Waals surface area contributed by atoms with Crippen LogP contribution in [0.2, 0.25) is 0 Å². The molecule has 0 spiro atoms. The van der Waals surface area contributed by atoms with Gasteiger partial charge in [0.2, 0.25) is 15.9 Å². The van der Waals surface area contributed by atoms with E-state index in [0.717, 1.165) is 0 Å². The van der Waals surface area contributed by atoms with Crippen LogP contribution in [0, 0.1) is 11.7 Å². The molecule has 1 unspecified atom stereocenters. The van der Waals surface area contributed by atoms with Crippen molar-refractivity contribution in [3.63, 3.8) is 0 Å². The molecule has 1 fully saturated rings. The van der Waals surface area contributed by atoms with Crippen LogP contribution in [0.15, 0.2) is 24.3 Å². The van der Waals surface area contributed by atoms with Crippen molar-refractivity contribution in [3.8, 4) is 0 Å². The number of nitrogens with zero attached hydrogens (tertiary/aromatic N) is 1. The zero-order chi connectivity index (χ0) is 14.0. The van der Waals surface area contributed by atoms with E-state index in [-0.39, 0.29) is 36.4 Å². The molecule has 0 saturated carbocycles. The standard InChI is InChI=1S/C12H15FN2O3S/c13-11-4-2-1-3-10(11)7-15-6-9(5-12(15)16)8-19(14,17)18/h1-4,9H,5-8H2,(H2,14,17,18). The summed E-state index contributed by atoms with van der Waals surface area (Å²) in [5.74, 6) is -1.07. The van der Waals surface area contributed by atoms with Gasteiger partial charge < -0.3 is 4.90 Å². The van der Waals surface area contributed by atoms with E-state index in [1.165, 1.54) is 11.0 Å². The molecule has 1 amide bonds. The number of likely N-dealkylation sites (tertiary alicyclic amines) is 1. The Labute approximate surface area is 111 Å². The largest absolute Gasteiger partial charge is 0.338 e. The van der Waals surface area contributed by atoms with Crippen LogP contribution >= 0.6 is 0 Å². The maximum Gasteiger partial charge on any atom is 0.223 e. The van der Waals surface area contributed by atoms with Crippen LogP contribution in [0.3, 0.4) is 0 Å². The number of hydrogen-bond acceptors (Lipinski definition) is 3. The van der Waals surface area contributed by atoms with Crippen molar-refractivity contribution in [2.24, 2.45) is 11.1 Å². The summed E-state index contributed by atoms with van der Waals surface area (Å²) in [4.78, 5) is 13.2. The summed E-state index contributed by atoms with van der Waals surface area (Å²) >= 11 is 0. The van der Waals surface area contributed by atoms with Gasteiger partial charge in [-0.05, 0) is 6.07 Å². The number of primary sulfonamides is 1. The van der Waals surface area contributed by atoms with Crippen molar-refractivity contribution in [3.05, 3.63) is 35.6 Å². The van der Waals surface area contributed by atoms with E-state index in [9.17, 15) is 17.6 Å². The summed E-state index contributed by atoms with van der Waals surface area (Å²) in [5, 5.41) is 4.97. The van der Waals surface area contributed by atoms with Crippen molar-refractivity contribution in [1.29, 1.82) is 0 Å². The number of carbonyl (C=O) groups excluding carboxylic acids is 1. The summed E-state index contributed by atoms with van der Waals surface area (Å²) in [6, 6.07) is 6.21. The fraction of sp³-hybridized carbons (Fsp3) is 0.417. The molecule has 1 aliphatic heterocycles. The zero-order valence-corrected chi connectivity index (χ0v) is 11.1. The Morgan fingerprint density at radius 2 is 2.05 bits per heavy atom. The molecule has 1 saturated heterocycles. The molecule has 0 radical (unpaired) electrons. The van der Waals surface area contributed by atoms with E-state index in [2.05, 4.69) is 0 Å². The predicted molar refractivity (Wildman–Crippen MR) is 67.9 cm³/mol. The molecule has 7 heteroatoms. The average Bonchev–Trinajstić information content (AvgIpc) is 2.60. The minimum atomic E-state index is -3.59. The lowest BCUT2D eigenvalue weighted by Crippen LogP contribution is -2.27. The SMILES string of the molecule is NS(=O)(=O)CC1CC(=O)N(Cc2ccccc2F)C1. The van der Waals surface area contributed by atoms with Crippen molar-refractivity contribution >= 4 is 15.9 Å². The van der Waals surface area contributed by atoms with Crippen molar-refractivity contribution < 1.29 is 17.6 Å². The van der Waals surface area contributed by atoms with E-state index in [0.29, 0.717) is 12.1 Å². The number of hydrogen-bond donors (Lipinski definition) is 1. The normalized spacial score (nSPS) is 20.0. The van der Waals surface area contributed by atoms with Gasteiger partial charge >= 0.3 is 0 Å². The van der Waals surface area contributed by atoms with Gasteiger partial charge in [-0.1, -0.05) is 18.2 Å². The van der Waals surface area contributed by atoms with Gasteiger partial charge in [0.15, 0.2) is 0 Å². The Bertz CT molecular complexity index is 588. The van der Waals surface area contributed by atoms with Gasteiger partial charge in [-0.25, -0.2) is 17.9 Å². The summed E-state index contributed by atoms with van der Waals surface area (Å²) in [6.45, 7) is 0.455. The number of rotatable bonds is 4. The van der Waals surface area contributed by atoms with Gasteiger partial charge in [-0.3, -0.25) is 4.79 Å². The highest BCUT2D eigenvalue weighted by Gasteiger charge is 2.32. The molecule has 1 aromatic carbocycles. The molecular formula is C12H15FN2O3S. The van der Waals surface area contributed by atoms with Crippen LogP contribution < -0.4 is 5.14 Å². The summed E-state index contributed by atoms with van der Waals surface area (Å²) in [7, 11) is -3.59. The lowest BCUT2D eigenvalue weighted by Gasteiger charge is -2.16. The molecular weight excluding hydrogens is 271 g/mol. The third-order valence-corrected chi connectivity index (χ3v) is 4.02. The highest BCUT2D eigenvalue weighted by Crippen LogP contribution is 2.21.